The van der Waals surface area contributed by atoms with Crippen LogP contribution in [0.25, 0.3) is 0 Å². The third-order valence-electron chi connectivity index (χ3n) is 3.10. The van der Waals surface area contributed by atoms with E-state index in [-0.39, 0.29) is 5.56 Å². The molecule has 0 saturated heterocycles. The van der Waals surface area contributed by atoms with Gasteiger partial charge in [0.25, 0.3) is 5.56 Å². The van der Waals surface area contributed by atoms with Crippen molar-refractivity contribution in [2.45, 2.75) is 31.7 Å². The summed E-state index contributed by atoms with van der Waals surface area (Å²) in [6.45, 7) is 0.935. The van der Waals surface area contributed by atoms with Crippen molar-refractivity contribution in [2.24, 2.45) is 0 Å². The molecule has 4 nitrogen and oxygen atoms in total. The minimum atomic E-state index is -0.113. The first-order valence-corrected chi connectivity index (χ1v) is 7.71. The number of hydrogen-bond acceptors (Lipinski definition) is 3. The maximum atomic E-state index is 11.6. The van der Waals surface area contributed by atoms with Crippen LogP contribution in [-0.2, 0) is 0 Å². The molecule has 1 aliphatic carbocycles. The molecule has 0 aliphatic heterocycles. The van der Waals surface area contributed by atoms with E-state index in [4.69, 9.17) is 0 Å². The number of anilines is 1. The monoisotopic (exact) mass is 363 g/mol. The van der Waals surface area contributed by atoms with Crippen molar-refractivity contribution < 1.29 is 0 Å². The van der Waals surface area contributed by atoms with E-state index < -0.39 is 0 Å². The number of halogens is 2. The van der Waals surface area contributed by atoms with E-state index in [1.165, 1.54) is 25.6 Å². The maximum absolute atomic E-state index is 11.6. The van der Waals surface area contributed by atoms with Crippen molar-refractivity contribution in [3.63, 3.8) is 0 Å². The van der Waals surface area contributed by atoms with Crippen molar-refractivity contribution in [1.82, 2.24) is 9.97 Å². The Bertz CT molecular complexity index is 431. The smallest absolute Gasteiger partial charge is 0.267 e. The summed E-state index contributed by atoms with van der Waals surface area (Å²) >= 11 is 6.78. The van der Waals surface area contributed by atoms with Crippen LogP contribution in [-0.4, -0.2) is 27.9 Å². The highest BCUT2D eigenvalue weighted by molar-refractivity contribution is 9.10. The lowest BCUT2D eigenvalue weighted by Gasteiger charge is -2.38. The zero-order valence-electron chi connectivity index (χ0n) is 9.46. The normalized spacial score (nSPS) is 15.6. The zero-order chi connectivity index (χ0) is 12.3. The van der Waals surface area contributed by atoms with Gasteiger partial charge in [0.1, 0.15) is 4.47 Å². The standard InChI is InChI=1S/C11H15Br2N3O/c12-5-2-6-16(8-3-1-4-8)10-9(13)11(17)15-7-14-10/h7-8H,1-6H2,(H,14,15,17). The van der Waals surface area contributed by atoms with Crippen molar-refractivity contribution in [1.29, 1.82) is 0 Å². The Balaban J connectivity index is 2.24. The van der Waals surface area contributed by atoms with Gasteiger partial charge in [0.2, 0.25) is 0 Å². The van der Waals surface area contributed by atoms with E-state index in [1.807, 2.05) is 0 Å². The molecular formula is C11H15Br2N3O. The first kappa shape index (κ1) is 13.1. The van der Waals surface area contributed by atoms with Crippen LogP contribution in [0.15, 0.2) is 15.6 Å². The number of H-pyrrole nitrogens is 1. The lowest BCUT2D eigenvalue weighted by molar-refractivity contribution is 0.383. The highest BCUT2D eigenvalue weighted by Gasteiger charge is 2.27. The molecule has 94 valence electrons. The van der Waals surface area contributed by atoms with Crippen LogP contribution in [0.3, 0.4) is 0 Å². The second-order valence-corrected chi connectivity index (χ2v) is 5.78. The Morgan fingerprint density at radius 1 is 1.53 bits per heavy atom. The highest BCUT2D eigenvalue weighted by atomic mass is 79.9. The molecule has 0 unspecified atom stereocenters. The zero-order valence-corrected chi connectivity index (χ0v) is 12.6. The van der Waals surface area contributed by atoms with E-state index >= 15 is 0 Å². The largest absolute Gasteiger partial charge is 0.352 e. The van der Waals surface area contributed by atoms with Gasteiger partial charge < -0.3 is 9.88 Å². The van der Waals surface area contributed by atoms with Crippen molar-refractivity contribution >= 4 is 37.7 Å². The molecule has 1 heterocycles. The van der Waals surface area contributed by atoms with Gasteiger partial charge in [0, 0.05) is 17.9 Å². The van der Waals surface area contributed by atoms with Gasteiger partial charge in [-0.15, -0.1) is 0 Å². The molecule has 0 atom stereocenters. The van der Waals surface area contributed by atoms with Crippen molar-refractivity contribution in [3.8, 4) is 0 Å². The molecular weight excluding hydrogens is 350 g/mol. The van der Waals surface area contributed by atoms with E-state index in [1.54, 1.807) is 0 Å². The third-order valence-corrected chi connectivity index (χ3v) is 4.37. The molecule has 1 N–H and O–H groups in total. The lowest BCUT2D eigenvalue weighted by atomic mass is 9.91. The first-order chi connectivity index (χ1) is 8.24. The van der Waals surface area contributed by atoms with Crippen LogP contribution in [0, 0.1) is 0 Å². The van der Waals surface area contributed by atoms with Crippen molar-refractivity contribution in [2.75, 3.05) is 16.8 Å². The molecule has 6 heteroatoms. The second kappa shape index (κ2) is 6.00. The molecule has 1 aliphatic rings. The Kier molecular flexibility index (Phi) is 4.62. The summed E-state index contributed by atoms with van der Waals surface area (Å²) in [5, 5.41) is 0.969. The summed E-state index contributed by atoms with van der Waals surface area (Å²) in [7, 11) is 0. The van der Waals surface area contributed by atoms with Gasteiger partial charge in [-0.3, -0.25) is 4.79 Å². The van der Waals surface area contributed by atoms with Gasteiger partial charge in [-0.05, 0) is 41.6 Å². The number of nitrogens with one attached hydrogen (secondary N) is 1. The first-order valence-electron chi connectivity index (χ1n) is 5.80. The van der Waals surface area contributed by atoms with Gasteiger partial charge in [-0.25, -0.2) is 4.98 Å². The predicted molar refractivity (Wildman–Crippen MR) is 76.0 cm³/mol. The molecule has 1 fully saturated rings. The fraction of sp³-hybridized carbons (Fsp3) is 0.636. The lowest BCUT2D eigenvalue weighted by Crippen LogP contribution is -2.42. The Hall–Kier alpha value is -0.360. The molecule has 0 radical (unpaired) electrons. The summed E-state index contributed by atoms with van der Waals surface area (Å²) in [6, 6.07) is 0.541. The van der Waals surface area contributed by atoms with Crippen LogP contribution in [0.2, 0.25) is 0 Å². The molecule has 0 aromatic carbocycles. The maximum Gasteiger partial charge on any atom is 0.267 e. The number of rotatable bonds is 5. The minimum absolute atomic E-state index is 0.113. The van der Waals surface area contributed by atoms with E-state index in [0.29, 0.717) is 10.5 Å². The molecule has 1 aromatic heterocycles. The van der Waals surface area contributed by atoms with Gasteiger partial charge in [0.15, 0.2) is 5.82 Å². The SMILES string of the molecule is O=c1[nH]cnc(N(CCCBr)C2CCC2)c1Br. The van der Waals surface area contributed by atoms with Crippen LogP contribution < -0.4 is 10.5 Å². The van der Waals surface area contributed by atoms with Crippen molar-refractivity contribution in [3.05, 3.63) is 21.2 Å². The fourth-order valence-electron chi connectivity index (χ4n) is 1.96. The molecule has 1 aromatic rings. The minimum Gasteiger partial charge on any atom is -0.352 e. The number of alkyl halides is 1. The summed E-state index contributed by atoms with van der Waals surface area (Å²) < 4.78 is 0.543. The van der Waals surface area contributed by atoms with Crippen LogP contribution in [0.1, 0.15) is 25.7 Å². The number of nitrogens with zero attached hydrogens (tertiary/aromatic N) is 2. The molecule has 0 amide bonds. The Morgan fingerprint density at radius 3 is 2.88 bits per heavy atom. The number of aromatic amines is 1. The number of hydrogen-bond donors (Lipinski definition) is 1. The van der Waals surface area contributed by atoms with E-state index in [9.17, 15) is 4.79 Å². The molecule has 17 heavy (non-hydrogen) atoms. The average molecular weight is 365 g/mol. The molecule has 2 rings (SSSR count). The quantitative estimate of drug-likeness (QED) is 0.817. The highest BCUT2D eigenvalue weighted by Crippen LogP contribution is 2.31. The Labute approximate surface area is 117 Å². The van der Waals surface area contributed by atoms with Gasteiger partial charge >= 0.3 is 0 Å². The topological polar surface area (TPSA) is 49.0 Å². The van der Waals surface area contributed by atoms with E-state index in [0.717, 1.165) is 24.1 Å². The molecule has 1 saturated carbocycles. The third kappa shape index (κ3) is 2.91. The summed E-state index contributed by atoms with van der Waals surface area (Å²) in [5.74, 6) is 0.777. The second-order valence-electron chi connectivity index (χ2n) is 4.19. The van der Waals surface area contributed by atoms with Gasteiger partial charge in [0.05, 0.1) is 6.33 Å². The Morgan fingerprint density at radius 2 is 2.29 bits per heavy atom. The summed E-state index contributed by atoms with van der Waals surface area (Å²) in [5.41, 5.74) is -0.113. The van der Waals surface area contributed by atoms with Crippen LogP contribution in [0.4, 0.5) is 5.82 Å². The van der Waals surface area contributed by atoms with Crippen LogP contribution >= 0.6 is 31.9 Å². The molecule has 0 spiro atoms. The average Bonchev–Trinajstić information content (AvgIpc) is 2.26. The molecule has 0 bridgehead atoms. The van der Waals surface area contributed by atoms with Gasteiger partial charge in [-0.2, -0.15) is 0 Å². The van der Waals surface area contributed by atoms with Gasteiger partial charge in [-0.1, -0.05) is 15.9 Å². The van der Waals surface area contributed by atoms with E-state index in [2.05, 4.69) is 46.7 Å². The number of aromatic nitrogens is 2. The van der Waals surface area contributed by atoms with Crippen LogP contribution in [0.5, 0.6) is 0 Å². The fourth-order valence-corrected chi connectivity index (χ4v) is 2.66. The summed E-state index contributed by atoms with van der Waals surface area (Å²) in [6.07, 6.45) is 6.20. The summed E-state index contributed by atoms with van der Waals surface area (Å²) in [4.78, 5) is 20.7. The predicted octanol–water partition coefficient (Wildman–Crippen LogP) is 2.68.